The van der Waals surface area contributed by atoms with Crippen LogP contribution < -0.4 is 0 Å². The molecule has 0 amide bonds. The molecule has 4 rings (SSSR count). The number of hydrogen-bond acceptors (Lipinski definition) is 4. The highest BCUT2D eigenvalue weighted by Gasteiger charge is 2.29. The van der Waals surface area contributed by atoms with Gasteiger partial charge >= 0.3 is 0 Å². The standard InChI is InChI=1S/C19H25N3S/c1-12-4-6-16(20-10-12)14-5-7-18-17(9-14)21-19(23-18)15-8-13(2)22(3)11-15/h5,7,9,12-13,15H,4,6,8,10-11H2,1-3H3/t12-,13?,15?/m0/s1. The van der Waals surface area contributed by atoms with E-state index in [1.54, 1.807) is 0 Å². The van der Waals surface area contributed by atoms with Crippen molar-refractivity contribution in [1.82, 2.24) is 9.88 Å². The summed E-state index contributed by atoms with van der Waals surface area (Å²) in [7, 11) is 2.22. The molecule has 2 aliphatic heterocycles. The van der Waals surface area contributed by atoms with Crippen molar-refractivity contribution in [2.45, 2.75) is 45.1 Å². The molecule has 1 aromatic carbocycles. The molecular weight excluding hydrogens is 302 g/mol. The summed E-state index contributed by atoms with van der Waals surface area (Å²) in [6, 6.07) is 7.41. The van der Waals surface area contributed by atoms with E-state index in [4.69, 9.17) is 9.98 Å². The monoisotopic (exact) mass is 327 g/mol. The lowest BCUT2D eigenvalue weighted by molar-refractivity contribution is 0.329. The Balaban J connectivity index is 1.62. The third-order valence-corrected chi connectivity index (χ3v) is 6.64. The Bertz CT molecular complexity index is 738. The van der Waals surface area contributed by atoms with E-state index in [0.29, 0.717) is 12.0 Å². The molecule has 1 fully saturated rings. The molecule has 122 valence electrons. The summed E-state index contributed by atoms with van der Waals surface area (Å²) < 4.78 is 1.32. The molecule has 2 unspecified atom stereocenters. The van der Waals surface area contributed by atoms with Crippen LogP contribution in [-0.4, -0.2) is 41.8 Å². The number of thiazole rings is 1. The van der Waals surface area contributed by atoms with Gasteiger partial charge in [0.15, 0.2) is 0 Å². The zero-order valence-electron chi connectivity index (χ0n) is 14.2. The van der Waals surface area contributed by atoms with Gasteiger partial charge in [-0.15, -0.1) is 11.3 Å². The lowest BCUT2D eigenvalue weighted by atomic mass is 9.96. The maximum atomic E-state index is 4.97. The quantitative estimate of drug-likeness (QED) is 0.821. The Morgan fingerprint density at radius 2 is 2.13 bits per heavy atom. The van der Waals surface area contributed by atoms with Crippen molar-refractivity contribution in [3.8, 4) is 0 Å². The van der Waals surface area contributed by atoms with Gasteiger partial charge in [-0.3, -0.25) is 4.99 Å². The van der Waals surface area contributed by atoms with Gasteiger partial charge in [0.05, 0.1) is 15.2 Å². The molecule has 4 heteroatoms. The van der Waals surface area contributed by atoms with E-state index >= 15 is 0 Å². The second-order valence-electron chi connectivity index (χ2n) is 7.39. The normalized spacial score (nSPS) is 29.2. The minimum atomic E-state index is 0.601. The van der Waals surface area contributed by atoms with Crippen LogP contribution in [0.25, 0.3) is 10.2 Å². The van der Waals surface area contributed by atoms with Crippen molar-refractivity contribution in [2.24, 2.45) is 10.9 Å². The minimum absolute atomic E-state index is 0.601. The van der Waals surface area contributed by atoms with E-state index in [2.05, 4.69) is 44.0 Å². The van der Waals surface area contributed by atoms with E-state index in [1.165, 1.54) is 33.8 Å². The smallest absolute Gasteiger partial charge is 0.0982 e. The van der Waals surface area contributed by atoms with E-state index in [-0.39, 0.29) is 0 Å². The molecule has 0 bridgehead atoms. The molecule has 2 aliphatic rings. The first kappa shape index (κ1) is 15.3. The predicted octanol–water partition coefficient (Wildman–Crippen LogP) is 4.32. The molecule has 0 N–H and O–H groups in total. The summed E-state index contributed by atoms with van der Waals surface area (Å²) in [6.45, 7) is 6.71. The number of benzene rings is 1. The van der Waals surface area contributed by atoms with Gasteiger partial charge in [-0.05, 0) is 56.8 Å². The molecular formula is C19H25N3S. The second-order valence-corrected chi connectivity index (χ2v) is 8.45. The highest BCUT2D eigenvalue weighted by atomic mass is 32.1. The average molecular weight is 327 g/mol. The maximum absolute atomic E-state index is 4.97. The first-order valence-electron chi connectivity index (χ1n) is 8.74. The van der Waals surface area contributed by atoms with Crippen molar-refractivity contribution < 1.29 is 0 Å². The summed E-state index contributed by atoms with van der Waals surface area (Å²) in [4.78, 5) is 12.2. The van der Waals surface area contributed by atoms with Crippen molar-refractivity contribution in [3.05, 3.63) is 28.8 Å². The van der Waals surface area contributed by atoms with Gasteiger partial charge in [-0.2, -0.15) is 0 Å². The van der Waals surface area contributed by atoms with Crippen LogP contribution in [0.2, 0.25) is 0 Å². The summed E-state index contributed by atoms with van der Waals surface area (Å²) in [6.07, 6.45) is 3.59. The van der Waals surface area contributed by atoms with Crippen molar-refractivity contribution in [3.63, 3.8) is 0 Å². The first-order valence-corrected chi connectivity index (χ1v) is 9.56. The molecule has 3 atom stereocenters. The Morgan fingerprint density at radius 1 is 1.26 bits per heavy atom. The van der Waals surface area contributed by atoms with Crippen LogP contribution in [0.15, 0.2) is 23.2 Å². The third kappa shape index (κ3) is 2.94. The number of nitrogens with zero attached hydrogens (tertiary/aromatic N) is 3. The van der Waals surface area contributed by atoms with Gasteiger partial charge in [-0.25, -0.2) is 4.98 Å². The lowest BCUT2D eigenvalue weighted by Crippen LogP contribution is -2.21. The summed E-state index contributed by atoms with van der Waals surface area (Å²) in [5, 5.41) is 1.31. The zero-order valence-corrected chi connectivity index (χ0v) is 15.1. The summed E-state index contributed by atoms with van der Waals surface area (Å²) in [5.41, 5.74) is 3.71. The largest absolute Gasteiger partial charge is 0.303 e. The molecule has 0 aliphatic carbocycles. The molecule has 3 nitrogen and oxygen atoms in total. The van der Waals surface area contributed by atoms with Gasteiger partial charge in [0.2, 0.25) is 0 Å². The van der Waals surface area contributed by atoms with E-state index < -0.39 is 0 Å². The SMILES string of the molecule is CC1CC(c2nc3cc(C4=NC[C@@H](C)CC4)ccc3s2)CN1C. The number of fused-ring (bicyclic) bond motifs is 1. The van der Waals surface area contributed by atoms with Crippen LogP contribution in [0.3, 0.4) is 0 Å². The van der Waals surface area contributed by atoms with Gasteiger partial charge in [0.1, 0.15) is 0 Å². The van der Waals surface area contributed by atoms with Gasteiger partial charge in [0, 0.05) is 30.8 Å². The number of likely N-dealkylation sites (tertiary alicyclic amines) is 1. The van der Waals surface area contributed by atoms with E-state index in [0.717, 1.165) is 30.9 Å². The Morgan fingerprint density at radius 3 is 2.83 bits per heavy atom. The number of hydrogen-bond donors (Lipinski definition) is 0. The molecule has 1 saturated heterocycles. The fourth-order valence-corrected chi connectivity index (χ4v) is 4.78. The van der Waals surface area contributed by atoms with Crippen LogP contribution in [0.5, 0.6) is 0 Å². The molecule has 0 saturated carbocycles. The Labute approximate surface area is 142 Å². The number of rotatable bonds is 2. The van der Waals surface area contributed by atoms with E-state index in [9.17, 15) is 0 Å². The fourth-order valence-electron chi connectivity index (χ4n) is 3.73. The highest BCUT2D eigenvalue weighted by molar-refractivity contribution is 7.18. The van der Waals surface area contributed by atoms with Crippen LogP contribution in [0, 0.1) is 5.92 Å². The molecule has 0 spiro atoms. The van der Waals surface area contributed by atoms with Crippen LogP contribution >= 0.6 is 11.3 Å². The van der Waals surface area contributed by atoms with E-state index in [1.807, 2.05) is 11.3 Å². The molecule has 1 aromatic heterocycles. The highest BCUT2D eigenvalue weighted by Crippen LogP contribution is 2.35. The van der Waals surface area contributed by atoms with Gasteiger partial charge in [-0.1, -0.05) is 13.0 Å². The fraction of sp³-hybridized carbons (Fsp3) is 0.579. The molecule has 23 heavy (non-hydrogen) atoms. The number of likely N-dealkylation sites (N-methyl/N-ethyl adjacent to an activating group) is 1. The Kier molecular flexibility index (Phi) is 3.98. The topological polar surface area (TPSA) is 28.5 Å². The van der Waals surface area contributed by atoms with Crippen LogP contribution in [-0.2, 0) is 0 Å². The van der Waals surface area contributed by atoms with Crippen LogP contribution in [0.4, 0.5) is 0 Å². The molecule has 0 radical (unpaired) electrons. The predicted molar refractivity (Wildman–Crippen MR) is 98.9 cm³/mol. The van der Waals surface area contributed by atoms with Crippen molar-refractivity contribution in [1.29, 1.82) is 0 Å². The maximum Gasteiger partial charge on any atom is 0.0982 e. The van der Waals surface area contributed by atoms with Gasteiger partial charge in [0.25, 0.3) is 0 Å². The first-order chi connectivity index (χ1) is 11.1. The summed E-state index contributed by atoms with van der Waals surface area (Å²) in [5.74, 6) is 1.33. The molecule has 3 heterocycles. The lowest BCUT2D eigenvalue weighted by Gasteiger charge is -2.17. The third-order valence-electron chi connectivity index (χ3n) is 5.44. The number of aliphatic imine (C=N–C) groups is 1. The Hall–Kier alpha value is -1.26. The summed E-state index contributed by atoms with van der Waals surface area (Å²) >= 11 is 1.88. The number of aromatic nitrogens is 1. The van der Waals surface area contributed by atoms with Crippen molar-refractivity contribution in [2.75, 3.05) is 20.1 Å². The second kappa shape index (κ2) is 5.99. The van der Waals surface area contributed by atoms with Crippen LogP contribution in [0.1, 0.15) is 49.6 Å². The minimum Gasteiger partial charge on any atom is -0.303 e. The van der Waals surface area contributed by atoms with Crippen molar-refractivity contribution >= 4 is 27.3 Å². The molecule has 2 aromatic rings. The average Bonchev–Trinajstić information content (AvgIpc) is 3.11. The van der Waals surface area contributed by atoms with Gasteiger partial charge < -0.3 is 4.90 Å². The zero-order chi connectivity index (χ0) is 16.0.